The van der Waals surface area contributed by atoms with Gasteiger partial charge in [-0.05, 0) is 38.6 Å². The highest BCUT2D eigenvalue weighted by Crippen LogP contribution is 2.27. The molecule has 18 heavy (non-hydrogen) atoms. The maximum Gasteiger partial charge on any atom is 0.129 e. The van der Waals surface area contributed by atoms with Gasteiger partial charge in [-0.2, -0.15) is 0 Å². The SMILES string of the molecule is CN1CCCC(N(C)c2cccc(F)c2CCl)C1. The maximum atomic E-state index is 13.7. The molecule has 1 aliphatic heterocycles. The fourth-order valence-electron chi connectivity index (χ4n) is 2.66. The Labute approximate surface area is 113 Å². The van der Waals surface area contributed by atoms with E-state index in [-0.39, 0.29) is 11.7 Å². The summed E-state index contributed by atoms with van der Waals surface area (Å²) in [5.74, 6) is 0.00746. The smallest absolute Gasteiger partial charge is 0.129 e. The molecule has 1 atom stereocenters. The molecular formula is C14H20ClFN2. The van der Waals surface area contributed by atoms with E-state index in [9.17, 15) is 4.39 Å². The maximum absolute atomic E-state index is 13.7. The molecule has 0 saturated carbocycles. The predicted octanol–water partition coefficient (Wildman–Crippen LogP) is 3.09. The zero-order valence-electron chi connectivity index (χ0n) is 11.0. The van der Waals surface area contributed by atoms with Gasteiger partial charge in [0.2, 0.25) is 0 Å². The van der Waals surface area contributed by atoms with Crippen LogP contribution in [0, 0.1) is 5.82 Å². The number of halogens is 2. The summed E-state index contributed by atoms with van der Waals surface area (Å²) < 4.78 is 13.7. The summed E-state index contributed by atoms with van der Waals surface area (Å²) in [5.41, 5.74) is 1.53. The van der Waals surface area contributed by atoms with Crippen LogP contribution in [0.25, 0.3) is 0 Å². The van der Waals surface area contributed by atoms with E-state index in [1.54, 1.807) is 6.07 Å². The first-order valence-corrected chi connectivity index (χ1v) is 6.91. The van der Waals surface area contributed by atoms with Crippen LogP contribution in [0.3, 0.4) is 0 Å². The Morgan fingerprint density at radius 3 is 2.94 bits per heavy atom. The van der Waals surface area contributed by atoms with Crippen LogP contribution in [-0.2, 0) is 5.88 Å². The number of piperidine rings is 1. The van der Waals surface area contributed by atoms with Crippen LogP contribution in [0.4, 0.5) is 10.1 Å². The van der Waals surface area contributed by atoms with Crippen LogP contribution in [0.2, 0.25) is 0 Å². The van der Waals surface area contributed by atoms with Crippen LogP contribution in [-0.4, -0.2) is 38.1 Å². The van der Waals surface area contributed by atoms with E-state index >= 15 is 0 Å². The van der Waals surface area contributed by atoms with Crippen LogP contribution in [0.15, 0.2) is 18.2 Å². The van der Waals surface area contributed by atoms with Crippen molar-refractivity contribution >= 4 is 17.3 Å². The van der Waals surface area contributed by atoms with Crippen LogP contribution >= 0.6 is 11.6 Å². The second-order valence-corrected chi connectivity index (χ2v) is 5.31. The minimum atomic E-state index is -0.210. The highest BCUT2D eigenvalue weighted by molar-refractivity contribution is 6.17. The Kier molecular flexibility index (Phi) is 4.46. The molecule has 0 amide bonds. The fraction of sp³-hybridized carbons (Fsp3) is 0.571. The van der Waals surface area contributed by atoms with Crippen LogP contribution in [0.1, 0.15) is 18.4 Å². The number of hydrogen-bond acceptors (Lipinski definition) is 2. The van der Waals surface area contributed by atoms with Gasteiger partial charge in [0.15, 0.2) is 0 Å². The Bertz CT molecular complexity index is 411. The number of nitrogens with zero attached hydrogens (tertiary/aromatic N) is 2. The molecule has 0 N–H and O–H groups in total. The largest absolute Gasteiger partial charge is 0.370 e. The van der Waals surface area contributed by atoms with E-state index in [2.05, 4.69) is 16.8 Å². The summed E-state index contributed by atoms with van der Waals surface area (Å²) in [6, 6.07) is 5.62. The highest BCUT2D eigenvalue weighted by Gasteiger charge is 2.23. The molecule has 1 aromatic carbocycles. The highest BCUT2D eigenvalue weighted by atomic mass is 35.5. The quantitative estimate of drug-likeness (QED) is 0.779. The van der Waals surface area contributed by atoms with Gasteiger partial charge in [0.25, 0.3) is 0 Å². The monoisotopic (exact) mass is 270 g/mol. The van der Waals surface area contributed by atoms with Crippen molar-refractivity contribution in [1.82, 2.24) is 4.90 Å². The molecule has 0 aliphatic carbocycles. The minimum Gasteiger partial charge on any atom is -0.370 e. The Morgan fingerprint density at radius 2 is 2.28 bits per heavy atom. The third-order valence-electron chi connectivity index (χ3n) is 3.76. The zero-order chi connectivity index (χ0) is 13.1. The summed E-state index contributed by atoms with van der Waals surface area (Å²) >= 11 is 5.87. The van der Waals surface area contributed by atoms with E-state index in [0.29, 0.717) is 11.6 Å². The molecule has 0 radical (unpaired) electrons. The van der Waals surface area contributed by atoms with E-state index in [0.717, 1.165) is 25.2 Å². The van der Waals surface area contributed by atoms with E-state index in [1.165, 1.54) is 12.5 Å². The average molecular weight is 271 g/mol. The molecule has 1 saturated heterocycles. The molecule has 4 heteroatoms. The first kappa shape index (κ1) is 13.6. The lowest BCUT2D eigenvalue weighted by Crippen LogP contribution is -2.45. The van der Waals surface area contributed by atoms with Crippen molar-refractivity contribution < 1.29 is 4.39 Å². The number of likely N-dealkylation sites (tertiary alicyclic amines) is 1. The summed E-state index contributed by atoms with van der Waals surface area (Å²) in [5, 5.41) is 0. The Hall–Kier alpha value is -0.800. The summed E-state index contributed by atoms with van der Waals surface area (Å²) in [6.07, 6.45) is 2.34. The van der Waals surface area contributed by atoms with E-state index < -0.39 is 0 Å². The van der Waals surface area contributed by atoms with Crippen molar-refractivity contribution in [2.45, 2.75) is 24.8 Å². The molecule has 0 aromatic heterocycles. The normalized spacial score (nSPS) is 21.0. The van der Waals surface area contributed by atoms with E-state index in [1.807, 2.05) is 13.1 Å². The van der Waals surface area contributed by atoms with Gasteiger partial charge in [0.1, 0.15) is 5.82 Å². The van der Waals surface area contributed by atoms with Crippen molar-refractivity contribution in [3.05, 3.63) is 29.6 Å². The van der Waals surface area contributed by atoms with Crippen molar-refractivity contribution in [2.24, 2.45) is 0 Å². The molecule has 1 unspecified atom stereocenters. The standard InChI is InChI=1S/C14H20ClFN2/c1-17-8-4-5-11(10-17)18(2)14-7-3-6-13(16)12(14)9-15/h3,6-7,11H,4-5,8-10H2,1-2H3. The topological polar surface area (TPSA) is 6.48 Å². The molecule has 2 rings (SSSR count). The molecule has 1 aromatic rings. The van der Waals surface area contributed by atoms with Crippen molar-refractivity contribution in [1.29, 1.82) is 0 Å². The lowest BCUT2D eigenvalue weighted by molar-refractivity contribution is 0.248. The summed E-state index contributed by atoms with van der Waals surface area (Å²) in [7, 11) is 4.17. The molecule has 2 nitrogen and oxygen atoms in total. The molecule has 0 spiro atoms. The molecule has 1 fully saturated rings. The average Bonchev–Trinajstić information content (AvgIpc) is 2.37. The first-order valence-electron chi connectivity index (χ1n) is 6.38. The van der Waals surface area contributed by atoms with Crippen LogP contribution in [0.5, 0.6) is 0 Å². The fourth-order valence-corrected chi connectivity index (χ4v) is 2.93. The molecule has 1 heterocycles. The zero-order valence-corrected chi connectivity index (χ0v) is 11.8. The van der Waals surface area contributed by atoms with Crippen molar-refractivity contribution in [3.63, 3.8) is 0 Å². The van der Waals surface area contributed by atoms with Gasteiger partial charge in [0, 0.05) is 30.9 Å². The summed E-state index contributed by atoms with van der Waals surface area (Å²) in [4.78, 5) is 4.50. The van der Waals surface area contributed by atoms with Gasteiger partial charge < -0.3 is 9.80 Å². The molecule has 1 aliphatic rings. The number of likely N-dealkylation sites (N-methyl/N-ethyl adjacent to an activating group) is 2. The van der Waals surface area contributed by atoms with Crippen LogP contribution < -0.4 is 4.90 Å². The second kappa shape index (κ2) is 5.89. The second-order valence-electron chi connectivity index (χ2n) is 5.04. The third-order valence-corrected chi connectivity index (χ3v) is 4.02. The van der Waals surface area contributed by atoms with Gasteiger partial charge in [0.05, 0.1) is 5.88 Å². The predicted molar refractivity (Wildman–Crippen MR) is 74.9 cm³/mol. The van der Waals surface area contributed by atoms with Gasteiger partial charge in [-0.3, -0.25) is 0 Å². The van der Waals surface area contributed by atoms with Gasteiger partial charge >= 0.3 is 0 Å². The number of alkyl halides is 1. The Morgan fingerprint density at radius 1 is 1.50 bits per heavy atom. The number of anilines is 1. The number of rotatable bonds is 3. The minimum absolute atomic E-state index is 0.210. The number of benzene rings is 1. The van der Waals surface area contributed by atoms with Crippen molar-refractivity contribution in [2.75, 3.05) is 32.1 Å². The van der Waals surface area contributed by atoms with Gasteiger partial charge in [-0.1, -0.05) is 6.07 Å². The Balaban J connectivity index is 2.22. The van der Waals surface area contributed by atoms with Gasteiger partial charge in [-0.25, -0.2) is 4.39 Å². The number of hydrogen-bond donors (Lipinski definition) is 0. The lowest BCUT2D eigenvalue weighted by atomic mass is 10.0. The lowest BCUT2D eigenvalue weighted by Gasteiger charge is -2.37. The molecule has 100 valence electrons. The molecular weight excluding hydrogens is 251 g/mol. The summed E-state index contributed by atoms with van der Waals surface area (Å²) in [6.45, 7) is 2.17. The van der Waals surface area contributed by atoms with Gasteiger partial charge in [-0.15, -0.1) is 11.6 Å². The molecule has 0 bridgehead atoms. The third kappa shape index (κ3) is 2.78. The van der Waals surface area contributed by atoms with E-state index in [4.69, 9.17) is 11.6 Å². The first-order chi connectivity index (χ1) is 8.63. The van der Waals surface area contributed by atoms with Crippen molar-refractivity contribution in [3.8, 4) is 0 Å².